The van der Waals surface area contributed by atoms with E-state index in [9.17, 15) is 9.59 Å². The summed E-state index contributed by atoms with van der Waals surface area (Å²) < 4.78 is 5.10. The first-order valence-corrected chi connectivity index (χ1v) is 8.06. The van der Waals surface area contributed by atoms with Gasteiger partial charge in [0.15, 0.2) is 5.78 Å². The molecule has 1 aliphatic rings. The number of carbonyl (C=O) groups excluding carboxylic acids is 2. The molecule has 0 saturated heterocycles. The van der Waals surface area contributed by atoms with Crippen molar-refractivity contribution < 1.29 is 14.3 Å². The normalized spacial score (nSPS) is 21.6. The highest BCUT2D eigenvalue weighted by atomic mass is 32.2. The predicted molar refractivity (Wildman–Crippen MR) is 88.5 cm³/mol. The topological polar surface area (TPSA) is 43.4 Å². The summed E-state index contributed by atoms with van der Waals surface area (Å²) in [5.74, 6) is -0.591. The minimum Gasteiger partial charge on any atom is -0.461 e. The van der Waals surface area contributed by atoms with E-state index in [1.165, 1.54) is 6.08 Å². The van der Waals surface area contributed by atoms with Crippen LogP contribution in [-0.2, 0) is 14.3 Å². The molecule has 0 aromatic heterocycles. The van der Waals surface area contributed by atoms with Gasteiger partial charge in [-0.05, 0) is 43.7 Å². The molecule has 22 heavy (non-hydrogen) atoms. The molecule has 0 saturated carbocycles. The van der Waals surface area contributed by atoms with Gasteiger partial charge in [0.05, 0.1) is 0 Å². The summed E-state index contributed by atoms with van der Waals surface area (Å²) in [6.07, 6.45) is 2.69. The first-order valence-electron chi connectivity index (χ1n) is 7.24. The van der Waals surface area contributed by atoms with Crippen LogP contribution >= 0.6 is 11.8 Å². The van der Waals surface area contributed by atoms with Gasteiger partial charge < -0.3 is 4.74 Å². The second-order valence-corrected chi connectivity index (χ2v) is 6.68. The van der Waals surface area contributed by atoms with Crippen LogP contribution in [-0.4, -0.2) is 18.4 Å². The Labute approximate surface area is 135 Å². The van der Waals surface area contributed by atoms with Crippen molar-refractivity contribution in [3.05, 3.63) is 53.5 Å². The lowest BCUT2D eigenvalue weighted by Crippen LogP contribution is -2.41. The average molecular weight is 316 g/mol. The number of rotatable bonds is 5. The maximum atomic E-state index is 12.7. The molecular weight excluding hydrogens is 296 g/mol. The standard InChI is InChI=1S/C18H20O3S/c1-4-12-21-17(20)18(3)11-10-15(13(2)16(18)19)22-14-8-6-5-7-9-14/h4-9H,1,10-12H2,2-3H3/t18-/m0/s1. The van der Waals surface area contributed by atoms with Crippen LogP contribution in [0.2, 0.25) is 0 Å². The Kier molecular flexibility index (Phi) is 5.24. The number of hydrogen-bond donors (Lipinski definition) is 0. The largest absolute Gasteiger partial charge is 0.461 e. The van der Waals surface area contributed by atoms with Crippen molar-refractivity contribution in [1.82, 2.24) is 0 Å². The van der Waals surface area contributed by atoms with Gasteiger partial charge in [-0.2, -0.15) is 0 Å². The molecule has 1 aromatic rings. The van der Waals surface area contributed by atoms with Gasteiger partial charge in [-0.15, -0.1) is 0 Å². The van der Waals surface area contributed by atoms with Crippen LogP contribution in [0.5, 0.6) is 0 Å². The summed E-state index contributed by atoms with van der Waals surface area (Å²) in [6, 6.07) is 9.94. The molecule has 1 atom stereocenters. The van der Waals surface area contributed by atoms with E-state index in [-0.39, 0.29) is 12.4 Å². The summed E-state index contributed by atoms with van der Waals surface area (Å²) in [5, 5.41) is 0. The minimum atomic E-state index is -1.08. The van der Waals surface area contributed by atoms with Crippen LogP contribution in [0.15, 0.2) is 58.4 Å². The third-order valence-electron chi connectivity index (χ3n) is 3.88. The number of allylic oxidation sites excluding steroid dienone is 2. The van der Waals surface area contributed by atoms with Crippen LogP contribution in [0.25, 0.3) is 0 Å². The molecule has 116 valence electrons. The number of esters is 1. The zero-order valence-electron chi connectivity index (χ0n) is 12.9. The molecule has 0 heterocycles. The van der Waals surface area contributed by atoms with Crippen molar-refractivity contribution in [2.45, 2.75) is 31.6 Å². The van der Waals surface area contributed by atoms with Gasteiger partial charge in [0.2, 0.25) is 0 Å². The molecule has 3 nitrogen and oxygen atoms in total. The van der Waals surface area contributed by atoms with E-state index >= 15 is 0 Å². The summed E-state index contributed by atoms with van der Waals surface area (Å²) in [4.78, 5) is 27.0. The number of ether oxygens (including phenoxy) is 1. The van der Waals surface area contributed by atoms with Gasteiger partial charge >= 0.3 is 5.97 Å². The Balaban J connectivity index is 2.19. The highest BCUT2D eigenvalue weighted by Gasteiger charge is 2.45. The maximum Gasteiger partial charge on any atom is 0.320 e. The zero-order valence-corrected chi connectivity index (χ0v) is 13.7. The minimum absolute atomic E-state index is 0.133. The summed E-state index contributed by atoms with van der Waals surface area (Å²) >= 11 is 1.60. The van der Waals surface area contributed by atoms with Gasteiger partial charge in [-0.3, -0.25) is 9.59 Å². The first kappa shape index (κ1) is 16.6. The van der Waals surface area contributed by atoms with E-state index in [0.29, 0.717) is 18.4 Å². The fraction of sp³-hybridized carbons (Fsp3) is 0.333. The van der Waals surface area contributed by atoms with Crippen LogP contribution < -0.4 is 0 Å². The Morgan fingerprint density at radius 1 is 1.41 bits per heavy atom. The molecular formula is C18H20O3S. The predicted octanol–water partition coefficient (Wildman–Crippen LogP) is 4.15. The molecule has 0 spiro atoms. The van der Waals surface area contributed by atoms with Gasteiger partial charge in [-0.25, -0.2) is 0 Å². The van der Waals surface area contributed by atoms with E-state index in [0.717, 1.165) is 9.80 Å². The molecule has 4 heteroatoms. The summed E-state index contributed by atoms with van der Waals surface area (Å²) in [6.45, 7) is 7.13. The van der Waals surface area contributed by atoms with Crippen molar-refractivity contribution in [1.29, 1.82) is 0 Å². The van der Waals surface area contributed by atoms with Crippen molar-refractivity contribution in [2.24, 2.45) is 5.41 Å². The number of ketones is 1. The van der Waals surface area contributed by atoms with Crippen LogP contribution in [0.3, 0.4) is 0 Å². The second-order valence-electron chi connectivity index (χ2n) is 5.51. The van der Waals surface area contributed by atoms with E-state index < -0.39 is 11.4 Å². The third-order valence-corrected chi connectivity index (χ3v) is 5.14. The Hall–Kier alpha value is -1.81. The molecule has 0 aliphatic heterocycles. The SMILES string of the molecule is C=CCOC(=O)[C@@]1(C)CCC(Sc2ccccc2)=C(C)C1=O. The van der Waals surface area contributed by atoms with Crippen molar-refractivity contribution in [3.63, 3.8) is 0 Å². The average Bonchev–Trinajstić information content (AvgIpc) is 2.54. The van der Waals surface area contributed by atoms with Crippen LogP contribution in [0, 0.1) is 5.41 Å². The summed E-state index contributed by atoms with van der Waals surface area (Å²) in [5.41, 5.74) is -0.411. The third kappa shape index (κ3) is 3.33. The highest BCUT2D eigenvalue weighted by Crippen LogP contribution is 2.43. The molecule has 0 N–H and O–H groups in total. The van der Waals surface area contributed by atoms with Crippen molar-refractivity contribution >= 4 is 23.5 Å². The molecule has 0 bridgehead atoms. The lowest BCUT2D eigenvalue weighted by Gasteiger charge is -2.31. The molecule has 0 unspecified atom stereocenters. The van der Waals surface area contributed by atoms with Crippen molar-refractivity contribution in [2.75, 3.05) is 6.61 Å². The fourth-order valence-electron chi connectivity index (χ4n) is 2.45. The molecule has 1 aliphatic carbocycles. The van der Waals surface area contributed by atoms with Crippen LogP contribution in [0.1, 0.15) is 26.7 Å². The van der Waals surface area contributed by atoms with Crippen LogP contribution in [0.4, 0.5) is 0 Å². The quantitative estimate of drug-likeness (QED) is 0.465. The number of thioether (sulfide) groups is 1. The van der Waals surface area contributed by atoms with Gasteiger partial charge in [0, 0.05) is 10.5 Å². The number of Topliss-reactive ketones (excluding diaryl/α,β-unsaturated/α-hetero) is 1. The zero-order chi connectivity index (χ0) is 16.2. The monoisotopic (exact) mass is 316 g/mol. The van der Waals surface area contributed by atoms with Crippen molar-refractivity contribution in [3.8, 4) is 0 Å². The second kappa shape index (κ2) is 6.97. The highest BCUT2D eigenvalue weighted by molar-refractivity contribution is 8.03. The number of hydrogen-bond acceptors (Lipinski definition) is 4. The fourth-order valence-corrected chi connectivity index (χ4v) is 3.48. The Morgan fingerprint density at radius 2 is 2.09 bits per heavy atom. The molecule has 0 amide bonds. The van der Waals surface area contributed by atoms with Gasteiger partial charge in [0.1, 0.15) is 12.0 Å². The van der Waals surface area contributed by atoms with E-state index in [1.54, 1.807) is 25.6 Å². The van der Waals surface area contributed by atoms with E-state index in [2.05, 4.69) is 6.58 Å². The Morgan fingerprint density at radius 3 is 2.73 bits per heavy atom. The molecule has 0 radical (unpaired) electrons. The molecule has 2 rings (SSSR count). The van der Waals surface area contributed by atoms with Gasteiger partial charge in [-0.1, -0.05) is 42.6 Å². The lowest BCUT2D eigenvalue weighted by atomic mass is 9.74. The Bertz CT molecular complexity index is 618. The van der Waals surface area contributed by atoms with E-state index in [1.807, 2.05) is 30.3 Å². The number of carbonyl (C=O) groups is 2. The maximum absolute atomic E-state index is 12.7. The van der Waals surface area contributed by atoms with E-state index in [4.69, 9.17) is 4.74 Å². The van der Waals surface area contributed by atoms with Gasteiger partial charge in [0.25, 0.3) is 0 Å². The number of benzene rings is 1. The first-order chi connectivity index (χ1) is 10.5. The smallest absolute Gasteiger partial charge is 0.320 e. The molecule has 1 aromatic carbocycles. The summed E-state index contributed by atoms with van der Waals surface area (Å²) in [7, 11) is 0. The lowest BCUT2D eigenvalue weighted by molar-refractivity contribution is -0.158. The molecule has 0 fully saturated rings.